The van der Waals surface area contributed by atoms with Gasteiger partial charge in [0, 0.05) is 29.4 Å². The van der Waals surface area contributed by atoms with Crippen molar-refractivity contribution in [2.75, 3.05) is 0 Å². The van der Waals surface area contributed by atoms with Gasteiger partial charge < -0.3 is 0 Å². The Balaban J connectivity index is 1.47. The summed E-state index contributed by atoms with van der Waals surface area (Å²) in [5.41, 5.74) is 13.5. The van der Waals surface area contributed by atoms with E-state index in [1.54, 1.807) is 0 Å². The van der Waals surface area contributed by atoms with E-state index < -0.39 is 0 Å². The van der Waals surface area contributed by atoms with Gasteiger partial charge >= 0.3 is 0 Å². The van der Waals surface area contributed by atoms with E-state index in [0.717, 1.165) is 24.0 Å². The normalized spacial score (nSPS) is 13.5. The summed E-state index contributed by atoms with van der Waals surface area (Å²) in [6, 6.07) is 20.4. The SMILES string of the molecule is c1ccc2c(c1)Cc1ccc3c(c1-2)Cc1cc2c4ccncc4n4ccnc4c2cc1-3. The van der Waals surface area contributed by atoms with Crippen molar-refractivity contribution in [2.24, 2.45) is 0 Å². The summed E-state index contributed by atoms with van der Waals surface area (Å²) < 4.78 is 2.16. The topological polar surface area (TPSA) is 30.2 Å². The number of rotatable bonds is 0. The van der Waals surface area contributed by atoms with Crippen LogP contribution in [0, 0.1) is 0 Å². The molecule has 0 amide bonds. The number of hydrogen-bond acceptors (Lipinski definition) is 2. The lowest BCUT2D eigenvalue weighted by Crippen LogP contribution is -1.92. The van der Waals surface area contributed by atoms with Gasteiger partial charge in [-0.2, -0.15) is 0 Å². The number of pyridine rings is 2. The predicted octanol–water partition coefficient (Wildman–Crippen LogP) is 6.18. The molecule has 0 spiro atoms. The van der Waals surface area contributed by atoms with Crippen LogP contribution in [0.25, 0.3) is 49.6 Å². The van der Waals surface area contributed by atoms with Crippen LogP contribution in [0.1, 0.15) is 22.3 Å². The van der Waals surface area contributed by atoms with Crippen molar-refractivity contribution in [1.29, 1.82) is 0 Å². The Hall–Kier alpha value is -3.98. The smallest absolute Gasteiger partial charge is 0.145 e. The minimum atomic E-state index is 0.990. The maximum atomic E-state index is 4.70. The zero-order valence-electron chi connectivity index (χ0n) is 16.8. The molecule has 31 heavy (non-hydrogen) atoms. The third kappa shape index (κ3) is 1.89. The fourth-order valence-electron chi connectivity index (χ4n) is 5.88. The Morgan fingerprint density at radius 3 is 2.68 bits per heavy atom. The van der Waals surface area contributed by atoms with Gasteiger partial charge in [-0.1, -0.05) is 36.4 Å². The van der Waals surface area contributed by atoms with Crippen LogP contribution in [0.15, 0.2) is 79.4 Å². The van der Waals surface area contributed by atoms with Crippen LogP contribution in [0.2, 0.25) is 0 Å². The first-order chi connectivity index (χ1) is 15.4. The summed E-state index contributed by atoms with van der Waals surface area (Å²) in [5.74, 6) is 0. The van der Waals surface area contributed by atoms with Crippen molar-refractivity contribution in [3.8, 4) is 22.3 Å². The van der Waals surface area contributed by atoms with Crippen LogP contribution in [0.3, 0.4) is 0 Å². The molecule has 0 aliphatic heterocycles. The second kappa shape index (κ2) is 5.38. The first-order valence-electron chi connectivity index (χ1n) is 10.8. The van der Waals surface area contributed by atoms with E-state index in [1.807, 2.05) is 24.8 Å². The molecule has 0 unspecified atom stereocenters. The molecule has 0 atom stereocenters. The highest BCUT2D eigenvalue weighted by molar-refractivity contribution is 6.13. The number of fused-ring (bicyclic) bond motifs is 13. The van der Waals surface area contributed by atoms with Crippen LogP contribution in [-0.2, 0) is 12.8 Å². The lowest BCUT2D eigenvalue weighted by atomic mass is 9.95. The van der Waals surface area contributed by atoms with Gasteiger partial charge in [0.25, 0.3) is 0 Å². The number of imidazole rings is 1. The molecule has 3 aromatic carbocycles. The van der Waals surface area contributed by atoms with Crippen LogP contribution < -0.4 is 0 Å². The van der Waals surface area contributed by atoms with Gasteiger partial charge in [0.05, 0.1) is 11.7 Å². The highest BCUT2D eigenvalue weighted by Crippen LogP contribution is 2.48. The van der Waals surface area contributed by atoms with Gasteiger partial charge in [-0.25, -0.2) is 4.98 Å². The van der Waals surface area contributed by atoms with E-state index in [-0.39, 0.29) is 0 Å². The van der Waals surface area contributed by atoms with Gasteiger partial charge in [-0.05, 0) is 80.9 Å². The second-order valence-corrected chi connectivity index (χ2v) is 8.71. The van der Waals surface area contributed by atoms with Crippen LogP contribution in [-0.4, -0.2) is 14.4 Å². The monoisotopic (exact) mass is 395 g/mol. The Kier molecular flexibility index (Phi) is 2.74. The van der Waals surface area contributed by atoms with E-state index in [1.165, 1.54) is 60.7 Å². The van der Waals surface area contributed by atoms with Gasteiger partial charge in [0.1, 0.15) is 5.65 Å². The van der Waals surface area contributed by atoms with Gasteiger partial charge in [0.2, 0.25) is 0 Å². The third-order valence-electron chi connectivity index (χ3n) is 7.20. The molecular formula is C28H17N3. The average molecular weight is 395 g/mol. The van der Waals surface area contributed by atoms with Gasteiger partial charge in [0.15, 0.2) is 0 Å². The van der Waals surface area contributed by atoms with E-state index in [0.29, 0.717) is 0 Å². The number of nitrogens with zero attached hydrogens (tertiary/aromatic N) is 3. The molecule has 0 fully saturated rings. The first kappa shape index (κ1) is 15.8. The summed E-state index contributed by atoms with van der Waals surface area (Å²) in [7, 11) is 0. The minimum absolute atomic E-state index is 0.990. The summed E-state index contributed by atoms with van der Waals surface area (Å²) in [6.07, 6.45) is 9.77. The van der Waals surface area contributed by atoms with Gasteiger partial charge in [-0.3, -0.25) is 9.38 Å². The molecule has 0 radical (unpaired) electrons. The highest BCUT2D eigenvalue weighted by Gasteiger charge is 2.28. The highest BCUT2D eigenvalue weighted by atomic mass is 15.0. The molecule has 0 saturated heterocycles. The van der Waals surface area contributed by atoms with Crippen molar-refractivity contribution in [1.82, 2.24) is 14.4 Å². The molecule has 3 aromatic heterocycles. The second-order valence-electron chi connectivity index (χ2n) is 8.71. The Morgan fingerprint density at radius 1 is 0.710 bits per heavy atom. The fraction of sp³-hybridized carbons (Fsp3) is 0.0714. The van der Waals surface area contributed by atoms with Crippen molar-refractivity contribution in [2.45, 2.75) is 12.8 Å². The molecule has 0 bridgehead atoms. The molecule has 3 heteroatoms. The Labute approximate surface area is 178 Å². The molecular weight excluding hydrogens is 378 g/mol. The Bertz CT molecular complexity index is 1740. The van der Waals surface area contributed by atoms with Crippen LogP contribution in [0.4, 0.5) is 0 Å². The van der Waals surface area contributed by atoms with Crippen molar-refractivity contribution >= 4 is 27.3 Å². The molecule has 6 aromatic rings. The summed E-state index contributed by atoms with van der Waals surface area (Å²) in [4.78, 5) is 9.07. The zero-order valence-corrected chi connectivity index (χ0v) is 16.8. The maximum Gasteiger partial charge on any atom is 0.145 e. The van der Waals surface area contributed by atoms with Gasteiger partial charge in [-0.15, -0.1) is 0 Å². The zero-order chi connectivity index (χ0) is 20.1. The number of benzene rings is 3. The molecule has 2 aliphatic rings. The maximum absolute atomic E-state index is 4.70. The minimum Gasteiger partial charge on any atom is -0.298 e. The summed E-state index contributed by atoms with van der Waals surface area (Å²) in [6.45, 7) is 0. The van der Waals surface area contributed by atoms with Crippen molar-refractivity contribution in [3.63, 3.8) is 0 Å². The van der Waals surface area contributed by atoms with Crippen LogP contribution >= 0.6 is 0 Å². The lowest BCUT2D eigenvalue weighted by Gasteiger charge is -2.10. The van der Waals surface area contributed by atoms with E-state index in [4.69, 9.17) is 4.98 Å². The molecule has 0 N–H and O–H groups in total. The first-order valence-corrected chi connectivity index (χ1v) is 10.8. The summed E-state index contributed by atoms with van der Waals surface area (Å²) in [5, 5.41) is 3.70. The van der Waals surface area contributed by atoms with Crippen molar-refractivity contribution in [3.05, 3.63) is 102 Å². The standard InChI is InChI=1S/C28H17N3/c1-2-4-19-16(3-1)11-17-5-6-20-22-14-25-23(12-18(22)13-24(20)27(17)19)21-7-8-29-15-26(21)31-10-9-30-28(25)31/h1-10,12,14-15H,11,13H2. The van der Waals surface area contributed by atoms with Crippen LogP contribution in [0.5, 0.6) is 0 Å². The average Bonchev–Trinajstić information content (AvgIpc) is 3.52. The molecule has 0 saturated carbocycles. The van der Waals surface area contributed by atoms with E-state index in [2.05, 4.69) is 64.0 Å². The third-order valence-corrected chi connectivity index (χ3v) is 7.20. The van der Waals surface area contributed by atoms with E-state index in [9.17, 15) is 0 Å². The predicted molar refractivity (Wildman–Crippen MR) is 124 cm³/mol. The number of hydrogen-bond donors (Lipinski definition) is 0. The molecule has 144 valence electrons. The van der Waals surface area contributed by atoms with Crippen molar-refractivity contribution < 1.29 is 0 Å². The largest absolute Gasteiger partial charge is 0.298 e. The molecule has 2 aliphatic carbocycles. The van der Waals surface area contributed by atoms with E-state index >= 15 is 0 Å². The molecule has 8 rings (SSSR count). The molecule has 3 heterocycles. The summed E-state index contributed by atoms with van der Waals surface area (Å²) >= 11 is 0. The Morgan fingerprint density at radius 2 is 1.68 bits per heavy atom. The lowest BCUT2D eigenvalue weighted by molar-refractivity contribution is 1.23. The number of aromatic nitrogens is 3. The quantitative estimate of drug-likeness (QED) is 0.287. The molecule has 3 nitrogen and oxygen atoms in total. The fourth-order valence-corrected chi connectivity index (χ4v) is 5.88.